The zero-order valence-electron chi connectivity index (χ0n) is 11.2. The molecule has 0 saturated heterocycles. The van der Waals surface area contributed by atoms with Gasteiger partial charge in [-0.05, 0) is 20.8 Å². The molecule has 0 spiro atoms. The van der Waals surface area contributed by atoms with Crippen molar-refractivity contribution in [3.63, 3.8) is 0 Å². The number of carbonyl (C=O) groups is 1. The van der Waals surface area contributed by atoms with Gasteiger partial charge in [-0.1, -0.05) is 11.6 Å². The highest BCUT2D eigenvalue weighted by Crippen LogP contribution is 2.20. The van der Waals surface area contributed by atoms with Crippen LogP contribution >= 0.6 is 11.6 Å². The second-order valence-corrected chi connectivity index (χ2v) is 5.46. The summed E-state index contributed by atoms with van der Waals surface area (Å²) < 4.78 is 6.83. The Bertz CT molecular complexity index is 618. The molecule has 0 atom stereocenters. The topological polar surface area (TPSA) is 59.7 Å². The second-order valence-electron chi connectivity index (χ2n) is 5.08. The normalized spacial score (nSPS) is 11.6. The highest BCUT2D eigenvalue weighted by atomic mass is 35.5. The van der Waals surface area contributed by atoms with Crippen LogP contribution in [-0.4, -0.2) is 33.3 Å². The summed E-state index contributed by atoms with van der Waals surface area (Å²) in [4.78, 5) is 17.5. The van der Waals surface area contributed by atoms with Crippen LogP contribution in [-0.2, 0) is 4.74 Å². The molecule has 0 unspecified atom stereocenters. The standard InChI is InChI=1S/C12H15ClN4O2/c1-12(2,3)19-11(18)16(4)10-7-8(13)15-9-5-6-14-17(9)10/h5-7H,1-4H3. The van der Waals surface area contributed by atoms with E-state index in [0.717, 1.165) is 0 Å². The summed E-state index contributed by atoms with van der Waals surface area (Å²) in [5, 5.41) is 4.40. The lowest BCUT2D eigenvalue weighted by Gasteiger charge is -2.24. The highest BCUT2D eigenvalue weighted by molar-refractivity contribution is 6.29. The zero-order chi connectivity index (χ0) is 14.2. The Morgan fingerprint density at radius 3 is 2.79 bits per heavy atom. The summed E-state index contributed by atoms with van der Waals surface area (Å²) in [6.07, 6.45) is 1.11. The Hall–Kier alpha value is -1.82. The van der Waals surface area contributed by atoms with Crippen molar-refractivity contribution in [2.45, 2.75) is 26.4 Å². The molecule has 0 aliphatic carbocycles. The fourth-order valence-corrected chi connectivity index (χ4v) is 1.71. The van der Waals surface area contributed by atoms with Gasteiger partial charge in [0.15, 0.2) is 5.65 Å². The molecule has 19 heavy (non-hydrogen) atoms. The van der Waals surface area contributed by atoms with Crippen molar-refractivity contribution >= 4 is 29.2 Å². The van der Waals surface area contributed by atoms with Gasteiger partial charge in [0.1, 0.15) is 16.6 Å². The van der Waals surface area contributed by atoms with Crippen molar-refractivity contribution in [3.8, 4) is 0 Å². The maximum atomic E-state index is 12.0. The van der Waals surface area contributed by atoms with Gasteiger partial charge >= 0.3 is 6.09 Å². The van der Waals surface area contributed by atoms with Crippen molar-refractivity contribution in [2.24, 2.45) is 0 Å². The first-order valence-electron chi connectivity index (χ1n) is 5.75. The Balaban J connectivity index is 2.38. The molecule has 0 aliphatic heterocycles. The van der Waals surface area contributed by atoms with Crippen LogP contribution in [0.25, 0.3) is 5.65 Å². The van der Waals surface area contributed by atoms with E-state index < -0.39 is 11.7 Å². The van der Waals surface area contributed by atoms with E-state index in [1.807, 2.05) is 20.8 Å². The highest BCUT2D eigenvalue weighted by Gasteiger charge is 2.22. The molecular formula is C12H15ClN4O2. The average Bonchev–Trinajstić information content (AvgIpc) is 2.72. The number of nitrogens with zero attached hydrogens (tertiary/aromatic N) is 4. The van der Waals surface area contributed by atoms with Crippen molar-refractivity contribution in [1.29, 1.82) is 0 Å². The summed E-state index contributed by atoms with van der Waals surface area (Å²) in [7, 11) is 1.60. The summed E-state index contributed by atoms with van der Waals surface area (Å²) >= 11 is 5.93. The fraction of sp³-hybridized carbons (Fsp3) is 0.417. The summed E-state index contributed by atoms with van der Waals surface area (Å²) in [5.41, 5.74) is 0.00342. The molecule has 0 aromatic carbocycles. The number of ether oxygens (including phenoxy) is 1. The Morgan fingerprint density at radius 2 is 2.16 bits per heavy atom. The minimum Gasteiger partial charge on any atom is -0.443 e. The van der Waals surface area contributed by atoms with Crippen molar-refractivity contribution < 1.29 is 9.53 Å². The molecular weight excluding hydrogens is 268 g/mol. The summed E-state index contributed by atoms with van der Waals surface area (Å²) in [5.74, 6) is 0.495. The van der Waals surface area contributed by atoms with E-state index in [2.05, 4.69) is 10.1 Å². The number of carbonyl (C=O) groups excluding carboxylic acids is 1. The van der Waals surface area contributed by atoms with E-state index in [-0.39, 0.29) is 0 Å². The zero-order valence-corrected chi connectivity index (χ0v) is 12.0. The maximum Gasteiger partial charge on any atom is 0.415 e. The lowest BCUT2D eigenvalue weighted by atomic mass is 10.2. The molecule has 0 fully saturated rings. The van der Waals surface area contributed by atoms with Gasteiger partial charge in [-0.3, -0.25) is 4.90 Å². The molecule has 7 heteroatoms. The van der Waals surface area contributed by atoms with Crippen LogP contribution in [0.4, 0.5) is 10.6 Å². The minimum atomic E-state index is -0.564. The molecule has 6 nitrogen and oxygen atoms in total. The monoisotopic (exact) mass is 282 g/mol. The third kappa shape index (κ3) is 2.96. The van der Waals surface area contributed by atoms with E-state index >= 15 is 0 Å². The van der Waals surface area contributed by atoms with E-state index in [1.165, 1.54) is 9.42 Å². The first kappa shape index (κ1) is 13.6. The van der Waals surface area contributed by atoms with E-state index in [1.54, 1.807) is 25.4 Å². The number of fused-ring (bicyclic) bond motifs is 1. The molecule has 102 valence electrons. The van der Waals surface area contributed by atoms with E-state index in [0.29, 0.717) is 16.6 Å². The van der Waals surface area contributed by atoms with Crippen LogP contribution in [0.3, 0.4) is 0 Å². The third-order valence-corrected chi connectivity index (χ3v) is 2.51. The van der Waals surface area contributed by atoms with Gasteiger partial charge in [-0.2, -0.15) is 9.61 Å². The number of rotatable bonds is 1. The lowest BCUT2D eigenvalue weighted by Crippen LogP contribution is -2.35. The van der Waals surface area contributed by atoms with E-state index in [9.17, 15) is 4.79 Å². The first-order valence-corrected chi connectivity index (χ1v) is 6.13. The maximum absolute atomic E-state index is 12.0. The number of anilines is 1. The van der Waals surface area contributed by atoms with Crippen molar-refractivity contribution in [2.75, 3.05) is 11.9 Å². The van der Waals surface area contributed by atoms with Gasteiger partial charge in [0.25, 0.3) is 0 Å². The lowest BCUT2D eigenvalue weighted by molar-refractivity contribution is 0.0587. The molecule has 2 aromatic heterocycles. The van der Waals surface area contributed by atoms with Gasteiger partial charge in [-0.25, -0.2) is 9.78 Å². The smallest absolute Gasteiger partial charge is 0.415 e. The Kier molecular flexibility index (Phi) is 3.36. The van der Waals surface area contributed by atoms with Crippen molar-refractivity contribution in [3.05, 3.63) is 23.5 Å². The van der Waals surface area contributed by atoms with Crippen LogP contribution < -0.4 is 4.90 Å². The summed E-state index contributed by atoms with van der Waals surface area (Å²) in [6.45, 7) is 5.42. The molecule has 0 bridgehead atoms. The van der Waals surface area contributed by atoms with Gasteiger partial charge in [-0.15, -0.1) is 0 Å². The molecule has 0 aliphatic rings. The number of halogens is 1. The van der Waals surface area contributed by atoms with Gasteiger partial charge in [0, 0.05) is 19.2 Å². The minimum absolute atomic E-state index is 0.290. The van der Waals surface area contributed by atoms with Gasteiger partial charge < -0.3 is 4.74 Å². The fourth-order valence-electron chi connectivity index (χ4n) is 1.53. The Labute approximate surface area is 115 Å². The predicted octanol–water partition coefficient (Wildman–Crippen LogP) is 2.75. The SMILES string of the molecule is CN(C(=O)OC(C)(C)C)c1cc(Cl)nc2ccnn12. The largest absolute Gasteiger partial charge is 0.443 e. The molecule has 1 amide bonds. The van der Waals surface area contributed by atoms with Crippen LogP contribution in [0.1, 0.15) is 20.8 Å². The molecule has 0 saturated carbocycles. The molecule has 2 rings (SSSR count). The molecule has 0 N–H and O–H groups in total. The predicted molar refractivity (Wildman–Crippen MR) is 72.6 cm³/mol. The Morgan fingerprint density at radius 1 is 1.47 bits per heavy atom. The number of aromatic nitrogens is 3. The van der Waals surface area contributed by atoms with Crippen LogP contribution in [0.5, 0.6) is 0 Å². The van der Waals surface area contributed by atoms with Crippen LogP contribution in [0.15, 0.2) is 18.3 Å². The molecule has 0 radical (unpaired) electrons. The number of hydrogen-bond donors (Lipinski definition) is 0. The number of amides is 1. The third-order valence-electron chi connectivity index (χ3n) is 2.32. The number of hydrogen-bond acceptors (Lipinski definition) is 4. The summed E-state index contributed by atoms with van der Waals surface area (Å²) in [6, 6.07) is 3.27. The van der Waals surface area contributed by atoms with E-state index in [4.69, 9.17) is 16.3 Å². The quantitative estimate of drug-likeness (QED) is 0.755. The molecule has 2 aromatic rings. The van der Waals surface area contributed by atoms with Crippen LogP contribution in [0.2, 0.25) is 5.15 Å². The van der Waals surface area contributed by atoms with Gasteiger partial charge in [0.2, 0.25) is 0 Å². The van der Waals surface area contributed by atoms with Crippen molar-refractivity contribution in [1.82, 2.24) is 14.6 Å². The van der Waals surface area contributed by atoms with Crippen LogP contribution in [0, 0.1) is 0 Å². The first-order chi connectivity index (χ1) is 8.78. The second kappa shape index (κ2) is 4.70. The van der Waals surface area contributed by atoms with Gasteiger partial charge in [0.05, 0.1) is 6.20 Å². The molecule has 2 heterocycles. The average molecular weight is 283 g/mol.